The molecule has 1 amide bonds. The van der Waals surface area contributed by atoms with E-state index in [0.717, 1.165) is 12.1 Å². The van der Waals surface area contributed by atoms with Crippen molar-refractivity contribution in [2.24, 2.45) is 0 Å². The minimum Gasteiger partial charge on any atom is -0.466 e. The van der Waals surface area contributed by atoms with Crippen molar-refractivity contribution < 1.29 is 14.3 Å². The summed E-state index contributed by atoms with van der Waals surface area (Å²) >= 11 is 0. The normalized spacial score (nSPS) is 10.5. The molecule has 0 saturated heterocycles. The number of likely N-dealkylation sites (N-methyl/N-ethyl adjacent to an activating group) is 1. The summed E-state index contributed by atoms with van der Waals surface area (Å²) in [7, 11) is 1.81. The largest absolute Gasteiger partial charge is 0.466 e. The molecule has 0 bridgehead atoms. The first-order valence-corrected chi connectivity index (χ1v) is 7.28. The van der Waals surface area contributed by atoms with E-state index in [9.17, 15) is 9.59 Å². The maximum absolute atomic E-state index is 11.9. The van der Waals surface area contributed by atoms with E-state index in [-0.39, 0.29) is 18.4 Å². The highest BCUT2D eigenvalue weighted by atomic mass is 16.5. The Balaban J connectivity index is 2.37. The minimum atomic E-state index is -0.236. The molecule has 1 N–H and O–H groups in total. The maximum Gasteiger partial charge on any atom is 0.307 e. The third-order valence-corrected chi connectivity index (χ3v) is 3.04. The van der Waals surface area contributed by atoms with Gasteiger partial charge < -0.3 is 10.1 Å². The molecule has 0 atom stereocenters. The average Bonchev–Trinajstić information content (AvgIpc) is 2.45. The van der Waals surface area contributed by atoms with Crippen LogP contribution in [0.25, 0.3) is 0 Å². The number of carbonyl (C=O) groups excluding carboxylic acids is 2. The lowest BCUT2D eigenvalue weighted by Crippen LogP contribution is -2.32. The number of benzene rings is 1. The molecule has 0 spiro atoms. The molecule has 0 radical (unpaired) electrons. The Labute approximate surface area is 126 Å². The number of nitrogens with zero attached hydrogens (tertiary/aromatic N) is 1. The molecule has 116 valence electrons. The van der Waals surface area contributed by atoms with Crippen molar-refractivity contribution in [3.05, 3.63) is 29.8 Å². The SMILES string of the molecule is CCOC(=O)CCN(C)CC(=O)Nc1cccc(CC)c1. The number of ether oxygens (including phenoxy) is 1. The molecule has 1 rings (SSSR count). The minimum absolute atomic E-state index is 0.0883. The summed E-state index contributed by atoms with van der Waals surface area (Å²) in [4.78, 5) is 25.0. The van der Waals surface area contributed by atoms with Crippen molar-refractivity contribution in [3.8, 4) is 0 Å². The topological polar surface area (TPSA) is 58.6 Å². The van der Waals surface area contributed by atoms with Gasteiger partial charge in [-0.15, -0.1) is 0 Å². The van der Waals surface area contributed by atoms with Crippen molar-refractivity contribution in [3.63, 3.8) is 0 Å². The Kier molecular flexibility index (Phi) is 7.46. The van der Waals surface area contributed by atoms with Gasteiger partial charge in [0.2, 0.25) is 5.91 Å². The second-order valence-electron chi connectivity index (χ2n) is 4.89. The number of esters is 1. The Bertz CT molecular complexity index is 474. The van der Waals surface area contributed by atoms with Crippen LogP contribution in [-0.4, -0.2) is 43.5 Å². The zero-order valence-corrected chi connectivity index (χ0v) is 13.0. The summed E-state index contributed by atoms with van der Waals surface area (Å²) in [6.07, 6.45) is 1.23. The number of carbonyl (C=O) groups is 2. The summed E-state index contributed by atoms with van der Waals surface area (Å²) in [5.41, 5.74) is 1.99. The van der Waals surface area contributed by atoms with Gasteiger partial charge in [-0.3, -0.25) is 14.5 Å². The molecule has 0 heterocycles. The molecule has 1 aromatic carbocycles. The lowest BCUT2D eigenvalue weighted by atomic mass is 10.1. The second-order valence-corrected chi connectivity index (χ2v) is 4.89. The van der Waals surface area contributed by atoms with Crippen molar-refractivity contribution in [1.82, 2.24) is 4.90 Å². The third-order valence-electron chi connectivity index (χ3n) is 3.04. The van der Waals surface area contributed by atoms with Crippen molar-refractivity contribution in [2.75, 3.05) is 32.1 Å². The van der Waals surface area contributed by atoms with Crippen LogP contribution in [0.2, 0.25) is 0 Å². The van der Waals surface area contributed by atoms with Crippen LogP contribution in [0.5, 0.6) is 0 Å². The maximum atomic E-state index is 11.9. The van der Waals surface area contributed by atoms with Crippen LogP contribution in [0.1, 0.15) is 25.8 Å². The highest BCUT2D eigenvalue weighted by Crippen LogP contribution is 2.10. The number of aryl methyl sites for hydroxylation is 1. The molecule has 0 saturated carbocycles. The van der Waals surface area contributed by atoms with Crippen LogP contribution in [0, 0.1) is 0 Å². The van der Waals surface area contributed by atoms with E-state index in [1.54, 1.807) is 18.9 Å². The van der Waals surface area contributed by atoms with E-state index in [2.05, 4.69) is 12.2 Å². The summed E-state index contributed by atoms with van der Waals surface area (Å²) in [5.74, 6) is -0.324. The van der Waals surface area contributed by atoms with Crippen LogP contribution < -0.4 is 5.32 Å². The molecule has 0 aromatic heterocycles. The summed E-state index contributed by atoms with van der Waals surface area (Å²) in [6.45, 7) is 4.98. The van der Waals surface area contributed by atoms with Gasteiger partial charge in [0.05, 0.1) is 19.6 Å². The van der Waals surface area contributed by atoms with Crippen LogP contribution in [-0.2, 0) is 20.7 Å². The van der Waals surface area contributed by atoms with Gasteiger partial charge in [0.25, 0.3) is 0 Å². The van der Waals surface area contributed by atoms with Crippen LogP contribution in [0.15, 0.2) is 24.3 Å². The Hall–Kier alpha value is -1.88. The number of hydrogen-bond acceptors (Lipinski definition) is 4. The molecule has 0 aliphatic heterocycles. The number of amides is 1. The summed E-state index contributed by atoms with van der Waals surface area (Å²) in [5, 5.41) is 2.86. The second kappa shape index (κ2) is 9.13. The molecule has 21 heavy (non-hydrogen) atoms. The van der Waals surface area contributed by atoms with Crippen molar-refractivity contribution in [1.29, 1.82) is 0 Å². The van der Waals surface area contributed by atoms with Gasteiger partial charge in [-0.1, -0.05) is 19.1 Å². The lowest BCUT2D eigenvalue weighted by molar-refractivity contribution is -0.143. The fourth-order valence-corrected chi connectivity index (χ4v) is 1.91. The molecule has 0 aliphatic carbocycles. The van der Waals surface area contributed by atoms with Crippen LogP contribution in [0.3, 0.4) is 0 Å². The third kappa shape index (κ3) is 6.90. The van der Waals surface area contributed by atoms with Gasteiger partial charge in [-0.2, -0.15) is 0 Å². The van der Waals surface area contributed by atoms with Crippen molar-refractivity contribution >= 4 is 17.6 Å². The van der Waals surface area contributed by atoms with Gasteiger partial charge in [-0.25, -0.2) is 0 Å². The smallest absolute Gasteiger partial charge is 0.307 e. The Morgan fingerprint density at radius 3 is 2.71 bits per heavy atom. The first-order chi connectivity index (χ1) is 10.0. The molecular formula is C16H24N2O3. The molecule has 0 unspecified atom stereocenters. The standard InChI is InChI=1S/C16H24N2O3/c1-4-13-7-6-8-14(11-13)17-15(19)12-18(3)10-9-16(20)21-5-2/h6-8,11H,4-5,9-10,12H2,1-3H3,(H,17,19). The van der Waals surface area contributed by atoms with Crippen LogP contribution in [0.4, 0.5) is 5.69 Å². The van der Waals surface area contributed by atoms with E-state index in [0.29, 0.717) is 19.6 Å². The Morgan fingerprint density at radius 1 is 1.29 bits per heavy atom. The van der Waals surface area contributed by atoms with Crippen molar-refractivity contribution in [2.45, 2.75) is 26.7 Å². The van der Waals surface area contributed by atoms with E-state index < -0.39 is 0 Å². The Morgan fingerprint density at radius 2 is 2.05 bits per heavy atom. The van der Waals surface area contributed by atoms with E-state index in [1.165, 1.54) is 5.56 Å². The number of rotatable bonds is 8. The first kappa shape index (κ1) is 17.2. The zero-order chi connectivity index (χ0) is 15.7. The first-order valence-electron chi connectivity index (χ1n) is 7.28. The molecule has 0 aliphatic rings. The molecule has 5 heteroatoms. The van der Waals surface area contributed by atoms with Gasteiger partial charge >= 0.3 is 5.97 Å². The van der Waals surface area contributed by atoms with Crippen LogP contribution >= 0.6 is 0 Å². The van der Waals surface area contributed by atoms with Gasteiger partial charge in [0, 0.05) is 12.2 Å². The quantitative estimate of drug-likeness (QED) is 0.745. The fraction of sp³-hybridized carbons (Fsp3) is 0.500. The molecule has 1 aromatic rings. The van der Waals surface area contributed by atoms with E-state index >= 15 is 0 Å². The average molecular weight is 292 g/mol. The summed E-state index contributed by atoms with van der Waals surface area (Å²) < 4.78 is 4.85. The summed E-state index contributed by atoms with van der Waals surface area (Å²) in [6, 6.07) is 7.80. The van der Waals surface area contributed by atoms with Gasteiger partial charge in [0.15, 0.2) is 0 Å². The molecular weight excluding hydrogens is 268 g/mol. The van der Waals surface area contributed by atoms with E-state index in [4.69, 9.17) is 4.74 Å². The monoisotopic (exact) mass is 292 g/mol. The number of hydrogen-bond donors (Lipinski definition) is 1. The molecule has 5 nitrogen and oxygen atoms in total. The predicted octanol–water partition coefficient (Wildman–Crippen LogP) is 2.07. The predicted molar refractivity (Wildman–Crippen MR) is 83.2 cm³/mol. The van der Waals surface area contributed by atoms with Gasteiger partial charge in [-0.05, 0) is 38.1 Å². The fourth-order valence-electron chi connectivity index (χ4n) is 1.91. The van der Waals surface area contributed by atoms with E-state index in [1.807, 2.05) is 24.3 Å². The molecule has 0 fully saturated rings. The zero-order valence-electron chi connectivity index (χ0n) is 13.0. The highest BCUT2D eigenvalue weighted by Gasteiger charge is 2.09. The van der Waals surface area contributed by atoms with Gasteiger partial charge in [0.1, 0.15) is 0 Å². The lowest BCUT2D eigenvalue weighted by Gasteiger charge is -2.15. The highest BCUT2D eigenvalue weighted by molar-refractivity contribution is 5.92. The number of anilines is 1. The number of nitrogens with one attached hydrogen (secondary N) is 1.